The SMILES string of the molecule is CCCCCCCOc1ccc(-c2cnc(-c3ccc(CC(NC(C)(C)C)C(=O)O)cc3)nc2)cc1. The first-order valence-electron chi connectivity index (χ1n) is 12.9. The Morgan fingerprint density at radius 1 is 0.889 bits per heavy atom. The molecule has 0 aliphatic heterocycles. The number of ether oxygens (including phenoxy) is 1. The molecule has 0 aliphatic rings. The normalized spacial score (nSPS) is 12.3. The number of nitrogens with one attached hydrogen (secondary N) is 1. The Bertz CT molecular complexity index is 1070. The van der Waals surface area contributed by atoms with Crippen molar-refractivity contribution in [1.29, 1.82) is 0 Å². The number of nitrogens with zero attached hydrogens (tertiary/aromatic N) is 2. The van der Waals surface area contributed by atoms with Gasteiger partial charge < -0.3 is 9.84 Å². The van der Waals surface area contributed by atoms with Crippen LogP contribution in [-0.2, 0) is 11.2 Å². The molecule has 3 rings (SSSR count). The zero-order valence-electron chi connectivity index (χ0n) is 22.0. The van der Waals surface area contributed by atoms with Crippen molar-refractivity contribution in [1.82, 2.24) is 15.3 Å². The molecule has 0 amide bonds. The fourth-order valence-corrected chi connectivity index (χ4v) is 4.01. The Labute approximate surface area is 215 Å². The van der Waals surface area contributed by atoms with E-state index in [0.717, 1.165) is 41.0 Å². The van der Waals surface area contributed by atoms with Crippen LogP contribution in [0.25, 0.3) is 22.5 Å². The Kier molecular flexibility index (Phi) is 10.00. The molecule has 0 aliphatic carbocycles. The van der Waals surface area contributed by atoms with Crippen LogP contribution in [0.2, 0.25) is 0 Å². The minimum absolute atomic E-state index is 0.278. The molecule has 2 N–H and O–H groups in total. The van der Waals surface area contributed by atoms with E-state index in [4.69, 9.17) is 4.74 Å². The van der Waals surface area contributed by atoms with Crippen LogP contribution in [0.1, 0.15) is 65.4 Å². The van der Waals surface area contributed by atoms with Crippen molar-refractivity contribution in [3.63, 3.8) is 0 Å². The standard InChI is InChI=1S/C30H39N3O3/c1-5-6-7-8-9-18-36-26-16-14-23(15-17-26)25-20-31-28(32-21-25)24-12-10-22(11-13-24)19-27(29(34)35)33-30(2,3)4/h10-17,20-21,27,33H,5-9,18-19H2,1-4H3,(H,34,35). The maximum absolute atomic E-state index is 11.6. The lowest BCUT2D eigenvalue weighted by atomic mass is 10.0. The number of carbonyl (C=O) groups is 1. The van der Waals surface area contributed by atoms with Gasteiger partial charge in [0.15, 0.2) is 5.82 Å². The molecule has 0 spiro atoms. The van der Waals surface area contributed by atoms with Crippen LogP contribution in [0.15, 0.2) is 60.9 Å². The first-order chi connectivity index (χ1) is 17.2. The first kappa shape index (κ1) is 27.3. The molecule has 0 saturated heterocycles. The number of aliphatic carboxylic acids is 1. The lowest BCUT2D eigenvalue weighted by Gasteiger charge is -2.26. The monoisotopic (exact) mass is 489 g/mol. The van der Waals surface area contributed by atoms with Crippen LogP contribution in [0, 0.1) is 0 Å². The van der Waals surface area contributed by atoms with E-state index in [-0.39, 0.29) is 5.54 Å². The van der Waals surface area contributed by atoms with E-state index < -0.39 is 12.0 Å². The average Bonchev–Trinajstić information content (AvgIpc) is 2.86. The fourth-order valence-electron chi connectivity index (χ4n) is 4.01. The van der Waals surface area contributed by atoms with Gasteiger partial charge in [0, 0.05) is 29.1 Å². The maximum Gasteiger partial charge on any atom is 0.321 e. The van der Waals surface area contributed by atoms with E-state index in [0.29, 0.717) is 12.2 Å². The molecule has 1 heterocycles. The van der Waals surface area contributed by atoms with Crippen LogP contribution in [-0.4, -0.2) is 39.2 Å². The Morgan fingerprint density at radius 3 is 2.08 bits per heavy atom. The number of carboxylic acids is 1. The van der Waals surface area contributed by atoms with E-state index >= 15 is 0 Å². The van der Waals surface area contributed by atoms with Crippen LogP contribution in [0.3, 0.4) is 0 Å². The molecular weight excluding hydrogens is 450 g/mol. The van der Waals surface area contributed by atoms with Crippen molar-refractivity contribution in [3.8, 4) is 28.3 Å². The lowest BCUT2D eigenvalue weighted by Crippen LogP contribution is -2.48. The molecule has 1 aromatic heterocycles. The zero-order valence-corrected chi connectivity index (χ0v) is 22.0. The van der Waals surface area contributed by atoms with Gasteiger partial charge in [0.1, 0.15) is 11.8 Å². The third kappa shape index (κ3) is 8.76. The summed E-state index contributed by atoms with van der Waals surface area (Å²) in [6.07, 6.45) is 10.2. The number of hydrogen-bond acceptors (Lipinski definition) is 5. The first-order valence-corrected chi connectivity index (χ1v) is 12.9. The highest BCUT2D eigenvalue weighted by atomic mass is 16.5. The van der Waals surface area contributed by atoms with Gasteiger partial charge in [-0.1, -0.05) is 69.0 Å². The van der Waals surface area contributed by atoms with Gasteiger partial charge in [0.25, 0.3) is 0 Å². The second-order valence-corrected chi connectivity index (χ2v) is 10.3. The summed E-state index contributed by atoms with van der Waals surface area (Å²) >= 11 is 0. The van der Waals surface area contributed by atoms with Crippen molar-refractivity contribution in [3.05, 3.63) is 66.5 Å². The molecule has 192 valence electrons. The molecule has 3 aromatic rings. The summed E-state index contributed by atoms with van der Waals surface area (Å²) in [5.41, 5.74) is 3.54. The summed E-state index contributed by atoms with van der Waals surface area (Å²) < 4.78 is 5.86. The Hall–Kier alpha value is -3.25. The average molecular weight is 490 g/mol. The third-order valence-electron chi connectivity index (χ3n) is 5.91. The highest BCUT2D eigenvalue weighted by molar-refractivity contribution is 5.74. The van der Waals surface area contributed by atoms with Crippen LogP contribution in [0.5, 0.6) is 5.75 Å². The molecule has 2 aromatic carbocycles. The van der Waals surface area contributed by atoms with Crippen molar-refractivity contribution in [2.45, 2.75) is 77.8 Å². The van der Waals surface area contributed by atoms with E-state index in [1.54, 1.807) is 0 Å². The van der Waals surface area contributed by atoms with Crippen molar-refractivity contribution >= 4 is 5.97 Å². The Morgan fingerprint density at radius 2 is 1.50 bits per heavy atom. The summed E-state index contributed by atoms with van der Waals surface area (Å²) in [5, 5.41) is 12.7. The summed E-state index contributed by atoms with van der Waals surface area (Å²) in [6.45, 7) is 8.87. The molecule has 0 saturated carbocycles. The number of aromatic nitrogens is 2. The molecule has 6 heteroatoms. The zero-order chi connectivity index (χ0) is 26.0. The predicted octanol–water partition coefficient (Wildman–Crippen LogP) is 6.54. The molecular formula is C30H39N3O3. The number of carboxylic acid groups (broad SMARTS) is 1. The molecule has 0 bridgehead atoms. The fraction of sp³-hybridized carbons (Fsp3) is 0.433. The van der Waals surface area contributed by atoms with Gasteiger partial charge in [0.05, 0.1) is 6.61 Å². The third-order valence-corrected chi connectivity index (χ3v) is 5.91. The second kappa shape index (κ2) is 13.2. The van der Waals surface area contributed by atoms with Gasteiger partial charge in [-0.2, -0.15) is 0 Å². The summed E-state index contributed by atoms with van der Waals surface area (Å²) in [6, 6.07) is 15.2. The van der Waals surface area contributed by atoms with E-state index in [1.807, 2.05) is 81.7 Å². The molecule has 6 nitrogen and oxygen atoms in total. The lowest BCUT2D eigenvalue weighted by molar-refractivity contribution is -0.140. The molecule has 0 fully saturated rings. The van der Waals surface area contributed by atoms with Crippen LogP contribution < -0.4 is 10.1 Å². The number of rotatable bonds is 13. The smallest absolute Gasteiger partial charge is 0.321 e. The minimum Gasteiger partial charge on any atom is -0.494 e. The second-order valence-electron chi connectivity index (χ2n) is 10.3. The van der Waals surface area contributed by atoms with E-state index in [1.165, 1.54) is 25.7 Å². The van der Waals surface area contributed by atoms with Crippen molar-refractivity contribution in [2.24, 2.45) is 0 Å². The van der Waals surface area contributed by atoms with Crippen LogP contribution in [0.4, 0.5) is 0 Å². The predicted molar refractivity (Wildman–Crippen MR) is 145 cm³/mol. The van der Waals surface area contributed by atoms with Crippen molar-refractivity contribution in [2.75, 3.05) is 6.61 Å². The largest absolute Gasteiger partial charge is 0.494 e. The summed E-state index contributed by atoms with van der Waals surface area (Å²) in [4.78, 5) is 20.7. The molecule has 1 atom stereocenters. The Balaban J connectivity index is 1.57. The van der Waals surface area contributed by atoms with Crippen LogP contribution >= 0.6 is 0 Å². The van der Waals surface area contributed by atoms with Gasteiger partial charge >= 0.3 is 5.97 Å². The quantitative estimate of drug-likeness (QED) is 0.265. The van der Waals surface area contributed by atoms with E-state index in [2.05, 4.69) is 22.2 Å². The van der Waals surface area contributed by atoms with Gasteiger partial charge in [-0.05, 0) is 56.9 Å². The highest BCUT2D eigenvalue weighted by Crippen LogP contribution is 2.23. The van der Waals surface area contributed by atoms with Gasteiger partial charge in [0.2, 0.25) is 0 Å². The van der Waals surface area contributed by atoms with Gasteiger partial charge in [-0.25, -0.2) is 9.97 Å². The highest BCUT2D eigenvalue weighted by Gasteiger charge is 2.23. The summed E-state index contributed by atoms with van der Waals surface area (Å²) in [7, 11) is 0. The molecule has 1 unspecified atom stereocenters. The maximum atomic E-state index is 11.6. The van der Waals surface area contributed by atoms with E-state index in [9.17, 15) is 9.90 Å². The number of unbranched alkanes of at least 4 members (excludes halogenated alkanes) is 4. The number of benzene rings is 2. The topological polar surface area (TPSA) is 84.3 Å². The molecule has 0 radical (unpaired) electrons. The van der Waals surface area contributed by atoms with Crippen molar-refractivity contribution < 1.29 is 14.6 Å². The summed E-state index contributed by atoms with van der Waals surface area (Å²) in [5.74, 6) is 0.667. The molecule has 36 heavy (non-hydrogen) atoms. The minimum atomic E-state index is -0.852. The van der Waals surface area contributed by atoms with Gasteiger partial charge in [-0.15, -0.1) is 0 Å². The number of hydrogen-bond donors (Lipinski definition) is 2. The van der Waals surface area contributed by atoms with Gasteiger partial charge in [-0.3, -0.25) is 10.1 Å².